The molecule has 0 saturated carbocycles. The standard InChI is InChI=1S/C32H25N5O5S/c1-21(2)35-19-29(31(34-35)24-12-14-25(15-13-24)37(39)40)27-16-17-33-32-28(27)18-30(23-10-8-22(20-38)9-11-23)36(32)43(41,42)26-6-4-3-5-7-26/h3-21H,1-2H3. The lowest BCUT2D eigenvalue weighted by Gasteiger charge is -2.12. The molecule has 0 unspecified atom stereocenters. The molecule has 0 spiro atoms. The second-order valence-corrected chi connectivity index (χ2v) is 12.0. The maximum Gasteiger partial charge on any atom is 0.269 e. The van der Waals surface area contributed by atoms with Crippen molar-refractivity contribution in [2.45, 2.75) is 24.8 Å². The van der Waals surface area contributed by atoms with Gasteiger partial charge in [0.05, 0.1) is 15.5 Å². The summed E-state index contributed by atoms with van der Waals surface area (Å²) < 4.78 is 31.3. The number of fused-ring (bicyclic) bond motifs is 1. The average molecular weight is 592 g/mol. The van der Waals surface area contributed by atoms with Crippen LogP contribution in [0.4, 0.5) is 5.69 Å². The molecule has 0 fully saturated rings. The van der Waals surface area contributed by atoms with E-state index in [-0.39, 0.29) is 22.3 Å². The maximum absolute atomic E-state index is 14.1. The Morgan fingerprint density at radius 1 is 0.884 bits per heavy atom. The van der Waals surface area contributed by atoms with Crippen LogP contribution in [-0.2, 0) is 10.0 Å². The SMILES string of the molecule is CC(C)n1cc(-c2ccnc3c2cc(-c2ccc(C=O)cc2)n3S(=O)(=O)c2ccccc2)c(-c2ccc([N+](=O)[O-])cc2)n1. The summed E-state index contributed by atoms with van der Waals surface area (Å²) in [7, 11) is -4.10. The Labute approximate surface area is 247 Å². The Balaban J connectivity index is 1.64. The molecule has 43 heavy (non-hydrogen) atoms. The second kappa shape index (κ2) is 10.8. The number of non-ortho nitro benzene ring substituents is 1. The Kier molecular flexibility index (Phi) is 6.95. The van der Waals surface area contributed by atoms with Crippen LogP contribution in [0, 0.1) is 10.1 Å². The smallest absolute Gasteiger partial charge is 0.269 e. The molecule has 0 aliphatic heterocycles. The third-order valence-corrected chi connectivity index (χ3v) is 8.91. The van der Waals surface area contributed by atoms with Crippen LogP contribution in [-0.4, -0.2) is 38.4 Å². The Bertz CT molecular complexity index is 2100. The first-order chi connectivity index (χ1) is 20.7. The molecule has 0 aliphatic rings. The van der Waals surface area contributed by atoms with E-state index < -0.39 is 14.9 Å². The number of nitro benzene ring substituents is 1. The van der Waals surface area contributed by atoms with Gasteiger partial charge in [0.25, 0.3) is 15.7 Å². The van der Waals surface area contributed by atoms with Crippen molar-refractivity contribution in [1.29, 1.82) is 0 Å². The van der Waals surface area contributed by atoms with Crippen molar-refractivity contribution >= 4 is 33.0 Å². The minimum absolute atomic E-state index is 0.0119. The molecule has 0 aliphatic carbocycles. The summed E-state index contributed by atoms with van der Waals surface area (Å²) in [5, 5.41) is 16.6. The Morgan fingerprint density at radius 3 is 2.19 bits per heavy atom. The molecule has 0 N–H and O–H groups in total. The fraction of sp³-hybridized carbons (Fsp3) is 0.0938. The van der Waals surface area contributed by atoms with Crippen LogP contribution in [0.5, 0.6) is 0 Å². The van der Waals surface area contributed by atoms with Crippen molar-refractivity contribution in [2.24, 2.45) is 0 Å². The lowest BCUT2D eigenvalue weighted by atomic mass is 10.00. The van der Waals surface area contributed by atoms with Crippen LogP contribution in [0.15, 0.2) is 108 Å². The quantitative estimate of drug-likeness (QED) is 0.108. The van der Waals surface area contributed by atoms with Crippen molar-refractivity contribution in [3.63, 3.8) is 0 Å². The van der Waals surface area contributed by atoms with E-state index in [0.29, 0.717) is 44.6 Å². The molecule has 0 radical (unpaired) electrons. The molecule has 0 saturated heterocycles. The summed E-state index contributed by atoms with van der Waals surface area (Å²) in [4.78, 5) is 26.7. The maximum atomic E-state index is 14.1. The first-order valence-corrected chi connectivity index (χ1v) is 14.8. The van der Waals surface area contributed by atoms with Crippen molar-refractivity contribution in [1.82, 2.24) is 18.7 Å². The number of pyridine rings is 1. The van der Waals surface area contributed by atoms with E-state index in [4.69, 9.17) is 5.10 Å². The number of rotatable bonds is 8. The van der Waals surface area contributed by atoms with Crippen molar-refractivity contribution < 1.29 is 18.1 Å². The summed E-state index contributed by atoms with van der Waals surface area (Å²) >= 11 is 0. The zero-order valence-electron chi connectivity index (χ0n) is 23.2. The number of carbonyl (C=O) groups is 1. The normalized spacial score (nSPS) is 11.7. The number of hydrogen-bond donors (Lipinski definition) is 0. The topological polar surface area (TPSA) is 130 Å². The third kappa shape index (κ3) is 4.89. The van der Waals surface area contributed by atoms with Gasteiger partial charge in [-0.3, -0.25) is 19.6 Å². The first-order valence-electron chi connectivity index (χ1n) is 13.4. The lowest BCUT2D eigenvalue weighted by molar-refractivity contribution is -0.384. The van der Waals surface area contributed by atoms with Gasteiger partial charge in [0, 0.05) is 52.6 Å². The summed E-state index contributed by atoms with van der Waals surface area (Å²) in [6, 6.07) is 24.6. The fourth-order valence-corrected chi connectivity index (χ4v) is 6.49. The predicted octanol–water partition coefficient (Wildman–Crippen LogP) is 6.77. The highest BCUT2D eigenvalue weighted by Crippen LogP contribution is 2.40. The molecule has 3 heterocycles. The molecule has 214 valence electrons. The molecule has 3 aromatic heterocycles. The van der Waals surface area contributed by atoms with Crippen LogP contribution in [0.2, 0.25) is 0 Å². The number of benzene rings is 3. The second-order valence-electron chi connectivity index (χ2n) is 10.2. The van der Waals surface area contributed by atoms with Gasteiger partial charge in [-0.25, -0.2) is 17.4 Å². The molecule has 11 heteroatoms. The van der Waals surface area contributed by atoms with Gasteiger partial charge in [0.15, 0.2) is 5.65 Å². The monoisotopic (exact) mass is 591 g/mol. The molecule has 6 aromatic rings. The van der Waals surface area contributed by atoms with Gasteiger partial charge in [-0.1, -0.05) is 42.5 Å². The number of carbonyl (C=O) groups excluding carboxylic acids is 1. The molecule has 6 rings (SSSR count). The molecule has 0 amide bonds. The highest BCUT2D eigenvalue weighted by atomic mass is 32.2. The average Bonchev–Trinajstić information content (AvgIpc) is 3.65. The van der Waals surface area contributed by atoms with Gasteiger partial charge in [0.1, 0.15) is 12.0 Å². The van der Waals surface area contributed by atoms with Gasteiger partial charge >= 0.3 is 0 Å². The van der Waals surface area contributed by atoms with Crippen LogP contribution < -0.4 is 0 Å². The largest absolute Gasteiger partial charge is 0.298 e. The zero-order valence-corrected chi connectivity index (χ0v) is 24.0. The van der Waals surface area contributed by atoms with Gasteiger partial charge in [-0.15, -0.1) is 0 Å². The third-order valence-electron chi connectivity index (χ3n) is 7.19. The highest BCUT2D eigenvalue weighted by Gasteiger charge is 2.27. The number of aromatic nitrogens is 4. The van der Waals surface area contributed by atoms with Gasteiger partial charge < -0.3 is 0 Å². The van der Waals surface area contributed by atoms with E-state index >= 15 is 0 Å². The first kappa shape index (κ1) is 27.7. The number of hydrogen-bond acceptors (Lipinski definition) is 7. The molecular formula is C32H25N5O5S. The lowest BCUT2D eigenvalue weighted by Crippen LogP contribution is -2.14. The van der Waals surface area contributed by atoms with Crippen LogP contribution in [0.25, 0.3) is 44.7 Å². The van der Waals surface area contributed by atoms with Crippen molar-refractivity contribution in [3.05, 3.63) is 119 Å². The molecular weight excluding hydrogens is 566 g/mol. The minimum Gasteiger partial charge on any atom is -0.298 e. The number of nitro groups is 1. The summed E-state index contributed by atoms with van der Waals surface area (Å²) in [5.74, 6) is 0. The van der Waals surface area contributed by atoms with E-state index in [1.165, 1.54) is 28.2 Å². The summed E-state index contributed by atoms with van der Waals surface area (Å²) in [5.41, 5.74) is 4.29. The summed E-state index contributed by atoms with van der Waals surface area (Å²) in [6.45, 7) is 3.98. The molecule has 0 bridgehead atoms. The van der Waals surface area contributed by atoms with E-state index in [0.717, 1.165) is 6.29 Å². The van der Waals surface area contributed by atoms with Crippen LogP contribution >= 0.6 is 0 Å². The molecule has 10 nitrogen and oxygen atoms in total. The summed E-state index contributed by atoms with van der Waals surface area (Å²) in [6.07, 6.45) is 4.17. The fourth-order valence-electron chi connectivity index (χ4n) is 4.99. The number of nitrogens with zero attached hydrogens (tertiary/aromatic N) is 5. The van der Waals surface area contributed by atoms with Gasteiger partial charge in [0.2, 0.25) is 0 Å². The Morgan fingerprint density at radius 2 is 1.56 bits per heavy atom. The van der Waals surface area contributed by atoms with Gasteiger partial charge in [-0.05, 0) is 61.4 Å². The molecule has 0 atom stereocenters. The van der Waals surface area contributed by atoms with E-state index in [2.05, 4.69) is 4.98 Å². The van der Waals surface area contributed by atoms with Crippen LogP contribution in [0.1, 0.15) is 30.2 Å². The van der Waals surface area contributed by atoms with Crippen LogP contribution in [0.3, 0.4) is 0 Å². The minimum atomic E-state index is -4.10. The van der Waals surface area contributed by atoms with E-state index in [1.54, 1.807) is 77.6 Å². The zero-order chi connectivity index (χ0) is 30.3. The number of aldehydes is 1. The Hall–Kier alpha value is -5.42. The predicted molar refractivity (Wildman–Crippen MR) is 163 cm³/mol. The van der Waals surface area contributed by atoms with E-state index in [9.17, 15) is 23.3 Å². The van der Waals surface area contributed by atoms with Gasteiger partial charge in [-0.2, -0.15) is 5.10 Å². The van der Waals surface area contributed by atoms with E-state index in [1.807, 2.05) is 20.0 Å². The van der Waals surface area contributed by atoms with Crippen molar-refractivity contribution in [2.75, 3.05) is 0 Å². The highest BCUT2D eigenvalue weighted by molar-refractivity contribution is 7.90. The van der Waals surface area contributed by atoms with Crippen molar-refractivity contribution in [3.8, 4) is 33.6 Å². The molecule has 3 aromatic carbocycles.